The third kappa shape index (κ3) is 4.28. The third-order valence-electron chi connectivity index (χ3n) is 3.68. The highest BCUT2D eigenvalue weighted by Crippen LogP contribution is 2.28. The molecule has 0 saturated heterocycles. The molecule has 0 aliphatic heterocycles. The topological polar surface area (TPSA) is 71.1 Å². The molecule has 0 aliphatic carbocycles. The molecule has 0 spiro atoms. The van der Waals surface area contributed by atoms with E-state index in [9.17, 15) is 9.59 Å². The minimum atomic E-state index is -0.305. The standard InChI is InChI=1S/C19H16ClN3O2S/c1-12-10-16(23-18(24)14-4-2-3-5-15(14)20)26-17(12)19(25)22-11-13-6-8-21-9-7-13/h2-10H,11H2,1H3,(H,22,25)(H,23,24). The van der Waals surface area contributed by atoms with Gasteiger partial charge in [-0.05, 0) is 48.4 Å². The molecular formula is C19H16ClN3O2S. The summed E-state index contributed by atoms with van der Waals surface area (Å²) in [5.74, 6) is -0.483. The van der Waals surface area contributed by atoms with Gasteiger partial charge in [-0.2, -0.15) is 0 Å². The first kappa shape index (κ1) is 18.1. The summed E-state index contributed by atoms with van der Waals surface area (Å²) in [6, 6.07) is 12.3. The molecular weight excluding hydrogens is 370 g/mol. The van der Waals surface area contributed by atoms with E-state index in [0.29, 0.717) is 27.0 Å². The second-order valence-corrected chi connectivity index (χ2v) is 7.05. The van der Waals surface area contributed by atoms with Crippen LogP contribution in [0, 0.1) is 6.92 Å². The highest BCUT2D eigenvalue weighted by molar-refractivity contribution is 7.18. The van der Waals surface area contributed by atoms with Crippen LogP contribution in [-0.2, 0) is 6.54 Å². The van der Waals surface area contributed by atoms with E-state index in [2.05, 4.69) is 15.6 Å². The Bertz CT molecular complexity index is 941. The first-order chi connectivity index (χ1) is 12.5. The van der Waals surface area contributed by atoms with Crippen LogP contribution in [0.15, 0.2) is 54.9 Å². The van der Waals surface area contributed by atoms with Gasteiger partial charge in [0.25, 0.3) is 11.8 Å². The number of benzene rings is 1. The number of halogens is 1. The molecule has 26 heavy (non-hydrogen) atoms. The second kappa shape index (κ2) is 8.12. The molecule has 3 rings (SSSR count). The molecule has 0 aliphatic rings. The Kier molecular flexibility index (Phi) is 5.65. The summed E-state index contributed by atoms with van der Waals surface area (Å²) in [6.45, 7) is 2.25. The van der Waals surface area contributed by atoms with E-state index in [-0.39, 0.29) is 11.8 Å². The Morgan fingerprint density at radius 3 is 2.58 bits per heavy atom. The number of carbonyl (C=O) groups is 2. The lowest BCUT2D eigenvalue weighted by Crippen LogP contribution is -2.22. The largest absolute Gasteiger partial charge is 0.347 e. The fourth-order valence-corrected chi connectivity index (χ4v) is 3.56. The van der Waals surface area contributed by atoms with Crippen molar-refractivity contribution in [2.45, 2.75) is 13.5 Å². The minimum absolute atomic E-state index is 0.178. The van der Waals surface area contributed by atoms with Gasteiger partial charge in [0.2, 0.25) is 0 Å². The molecule has 3 aromatic rings. The number of aromatic nitrogens is 1. The molecule has 5 nitrogen and oxygen atoms in total. The van der Waals surface area contributed by atoms with Gasteiger partial charge in [0, 0.05) is 18.9 Å². The number of anilines is 1. The van der Waals surface area contributed by atoms with Gasteiger partial charge >= 0.3 is 0 Å². The Morgan fingerprint density at radius 2 is 1.85 bits per heavy atom. The van der Waals surface area contributed by atoms with Gasteiger partial charge in [0.15, 0.2) is 0 Å². The minimum Gasteiger partial charge on any atom is -0.347 e. The maximum atomic E-state index is 12.4. The molecule has 0 bridgehead atoms. The van der Waals surface area contributed by atoms with Crippen LogP contribution in [0.2, 0.25) is 5.02 Å². The van der Waals surface area contributed by atoms with E-state index in [1.807, 2.05) is 19.1 Å². The zero-order valence-electron chi connectivity index (χ0n) is 14.0. The van der Waals surface area contributed by atoms with E-state index in [1.54, 1.807) is 42.7 Å². The average Bonchev–Trinajstić information content (AvgIpc) is 3.01. The lowest BCUT2D eigenvalue weighted by atomic mass is 10.2. The molecule has 132 valence electrons. The number of rotatable bonds is 5. The Labute approximate surface area is 160 Å². The fourth-order valence-electron chi connectivity index (χ4n) is 2.36. The van der Waals surface area contributed by atoms with Crippen LogP contribution in [0.5, 0.6) is 0 Å². The summed E-state index contributed by atoms with van der Waals surface area (Å²) >= 11 is 7.28. The van der Waals surface area contributed by atoms with E-state index >= 15 is 0 Å². The van der Waals surface area contributed by atoms with Crippen molar-refractivity contribution in [2.75, 3.05) is 5.32 Å². The normalized spacial score (nSPS) is 10.4. The summed E-state index contributed by atoms with van der Waals surface area (Å²) in [5.41, 5.74) is 2.16. The van der Waals surface area contributed by atoms with Crippen LogP contribution in [0.3, 0.4) is 0 Å². The van der Waals surface area contributed by atoms with Crippen molar-refractivity contribution < 1.29 is 9.59 Å². The number of nitrogens with zero attached hydrogens (tertiary/aromatic N) is 1. The van der Waals surface area contributed by atoms with Crippen LogP contribution in [0.25, 0.3) is 0 Å². The lowest BCUT2D eigenvalue weighted by Gasteiger charge is -2.05. The molecule has 2 heterocycles. The molecule has 2 amide bonds. The highest BCUT2D eigenvalue weighted by atomic mass is 35.5. The lowest BCUT2D eigenvalue weighted by molar-refractivity contribution is 0.0953. The Balaban J connectivity index is 1.67. The number of amides is 2. The Hall–Kier alpha value is -2.70. The van der Waals surface area contributed by atoms with Crippen LogP contribution < -0.4 is 10.6 Å². The van der Waals surface area contributed by atoms with Gasteiger partial charge in [-0.15, -0.1) is 11.3 Å². The zero-order valence-corrected chi connectivity index (χ0v) is 15.5. The molecule has 0 unspecified atom stereocenters. The summed E-state index contributed by atoms with van der Waals surface area (Å²) in [6.07, 6.45) is 3.36. The smallest absolute Gasteiger partial charge is 0.261 e. The van der Waals surface area contributed by atoms with Crippen molar-refractivity contribution in [3.8, 4) is 0 Å². The number of carbonyl (C=O) groups excluding carboxylic acids is 2. The molecule has 2 N–H and O–H groups in total. The average molecular weight is 386 g/mol. The number of thiophene rings is 1. The first-order valence-electron chi connectivity index (χ1n) is 7.88. The van der Waals surface area contributed by atoms with Crippen molar-refractivity contribution in [1.29, 1.82) is 0 Å². The van der Waals surface area contributed by atoms with E-state index in [4.69, 9.17) is 11.6 Å². The van der Waals surface area contributed by atoms with Crippen LogP contribution in [0.4, 0.5) is 5.00 Å². The predicted molar refractivity (Wildman–Crippen MR) is 104 cm³/mol. The Morgan fingerprint density at radius 1 is 1.12 bits per heavy atom. The summed E-state index contributed by atoms with van der Waals surface area (Å²) in [4.78, 5) is 29.3. The van der Waals surface area contributed by atoms with Gasteiger partial charge in [0.1, 0.15) is 0 Å². The molecule has 7 heteroatoms. The van der Waals surface area contributed by atoms with Crippen molar-refractivity contribution in [3.63, 3.8) is 0 Å². The summed E-state index contributed by atoms with van der Waals surface area (Å²) < 4.78 is 0. The second-order valence-electron chi connectivity index (χ2n) is 5.59. The van der Waals surface area contributed by atoms with Crippen LogP contribution in [-0.4, -0.2) is 16.8 Å². The maximum Gasteiger partial charge on any atom is 0.261 e. The SMILES string of the molecule is Cc1cc(NC(=O)c2ccccc2Cl)sc1C(=O)NCc1ccncc1. The zero-order chi connectivity index (χ0) is 18.5. The van der Waals surface area contributed by atoms with E-state index < -0.39 is 0 Å². The number of nitrogens with one attached hydrogen (secondary N) is 2. The number of hydrogen-bond acceptors (Lipinski definition) is 4. The van der Waals surface area contributed by atoms with Gasteiger partial charge in [0.05, 0.1) is 20.5 Å². The van der Waals surface area contributed by atoms with E-state index in [0.717, 1.165) is 11.1 Å². The highest BCUT2D eigenvalue weighted by Gasteiger charge is 2.16. The summed E-state index contributed by atoms with van der Waals surface area (Å²) in [5, 5.41) is 6.65. The molecule has 0 saturated carbocycles. The van der Waals surface area contributed by atoms with Gasteiger partial charge in [-0.3, -0.25) is 14.6 Å². The van der Waals surface area contributed by atoms with Crippen LogP contribution >= 0.6 is 22.9 Å². The van der Waals surface area contributed by atoms with Crippen molar-refractivity contribution in [1.82, 2.24) is 10.3 Å². The molecule has 0 radical (unpaired) electrons. The van der Waals surface area contributed by atoms with Crippen LogP contribution in [0.1, 0.15) is 31.2 Å². The van der Waals surface area contributed by atoms with Crippen molar-refractivity contribution in [2.24, 2.45) is 0 Å². The van der Waals surface area contributed by atoms with Gasteiger partial charge in [-0.25, -0.2) is 0 Å². The molecule has 2 aromatic heterocycles. The summed E-state index contributed by atoms with van der Waals surface area (Å²) in [7, 11) is 0. The third-order valence-corrected chi connectivity index (χ3v) is 5.16. The maximum absolute atomic E-state index is 12.4. The van der Waals surface area contributed by atoms with Gasteiger partial charge < -0.3 is 10.6 Å². The number of aryl methyl sites for hydroxylation is 1. The van der Waals surface area contributed by atoms with Gasteiger partial charge in [-0.1, -0.05) is 23.7 Å². The predicted octanol–water partition coefficient (Wildman–Crippen LogP) is 4.29. The molecule has 0 atom stereocenters. The fraction of sp³-hybridized carbons (Fsp3) is 0.105. The van der Waals surface area contributed by atoms with Crippen molar-refractivity contribution >= 4 is 39.8 Å². The number of pyridine rings is 1. The quantitative estimate of drug-likeness (QED) is 0.688. The first-order valence-corrected chi connectivity index (χ1v) is 9.07. The molecule has 0 fully saturated rings. The number of hydrogen-bond donors (Lipinski definition) is 2. The molecule has 1 aromatic carbocycles. The monoisotopic (exact) mass is 385 g/mol. The van der Waals surface area contributed by atoms with E-state index in [1.165, 1.54) is 11.3 Å². The van der Waals surface area contributed by atoms with Crippen molar-refractivity contribution in [3.05, 3.63) is 81.4 Å².